The first kappa shape index (κ1) is 25.4. The van der Waals surface area contributed by atoms with Crippen molar-refractivity contribution in [3.05, 3.63) is 59.1 Å². The van der Waals surface area contributed by atoms with Crippen molar-refractivity contribution in [2.24, 2.45) is 0 Å². The van der Waals surface area contributed by atoms with Crippen LogP contribution in [0.15, 0.2) is 42.1 Å². The summed E-state index contributed by atoms with van der Waals surface area (Å²) in [5.41, 5.74) is 0.567. The Morgan fingerprint density at radius 2 is 2.03 bits per heavy atom. The number of amides is 2. The number of thioether (sulfide) groups is 1. The molecular formula is C22H25FN6O3S2. The van der Waals surface area contributed by atoms with Gasteiger partial charge in [-0.2, -0.15) is 0 Å². The van der Waals surface area contributed by atoms with E-state index in [4.69, 9.17) is 4.74 Å². The average Bonchev–Trinajstić information content (AvgIpc) is 3.36. The summed E-state index contributed by atoms with van der Waals surface area (Å²) in [7, 11) is 3.32. The molecule has 180 valence electrons. The number of aromatic nitrogens is 4. The molecule has 34 heavy (non-hydrogen) atoms. The highest BCUT2D eigenvalue weighted by Gasteiger charge is 2.21. The number of allylic oxidation sites excluding steroid dienone is 1. The van der Waals surface area contributed by atoms with E-state index in [9.17, 15) is 14.0 Å². The van der Waals surface area contributed by atoms with Crippen LogP contribution in [0.1, 0.15) is 34.2 Å². The molecule has 0 aliphatic heterocycles. The molecule has 1 unspecified atom stereocenters. The van der Waals surface area contributed by atoms with Gasteiger partial charge in [-0.3, -0.25) is 14.2 Å². The quantitative estimate of drug-likeness (QED) is 0.330. The van der Waals surface area contributed by atoms with Gasteiger partial charge >= 0.3 is 0 Å². The van der Waals surface area contributed by atoms with Crippen LogP contribution in [0.2, 0.25) is 0 Å². The van der Waals surface area contributed by atoms with Crippen molar-refractivity contribution in [2.75, 3.05) is 25.2 Å². The highest BCUT2D eigenvalue weighted by atomic mass is 32.2. The lowest BCUT2D eigenvalue weighted by atomic mass is 10.3. The van der Waals surface area contributed by atoms with Gasteiger partial charge < -0.3 is 15.0 Å². The molecule has 0 saturated carbocycles. The molecule has 1 N–H and O–H groups in total. The summed E-state index contributed by atoms with van der Waals surface area (Å²) in [6, 6.07) is 5.72. The van der Waals surface area contributed by atoms with Gasteiger partial charge in [-0.05, 0) is 38.1 Å². The van der Waals surface area contributed by atoms with Gasteiger partial charge in [-0.15, -0.1) is 16.8 Å². The Morgan fingerprint density at radius 3 is 2.68 bits per heavy atom. The molecule has 0 aliphatic rings. The minimum Gasteiger partial charge on any atom is -0.483 e. The van der Waals surface area contributed by atoms with Gasteiger partial charge in [-0.1, -0.05) is 29.2 Å². The zero-order chi connectivity index (χ0) is 24.8. The standard InChI is InChI=1S/C22H25FN6O3S2/c1-6-11-29-19(14(3)32-16-9-7-15(23)8-10-16)26-27-22(29)33-12-17(30)25-21-24-13(2)18(34-21)20(31)28(4)5/h6-10,14H,1,11-12H2,2-5H3,(H,24,25,30). The third-order valence-corrected chi connectivity index (χ3v) is 6.55. The number of ether oxygens (including phenoxy) is 1. The zero-order valence-corrected chi connectivity index (χ0v) is 20.9. The van der Waals surface area contributed by atoms with E-state index in [1.165, 1.54) is 40.9 Å². The molecule has 0 radical (unpaired) electrons. The maximum atomic E-state index is 13.1. The van der Waals surface area contributed by atoms with E-state index in [-0.39, 0.29) is 23.4 Å². The number of carbonyl (C=O) groups is 2. The summed E-state index contributed by atoms with van der Waals surface area (Å²) in [5.74, 6) is 0.328. The second kappa shape index (κ2) is 11.3. The summed E-state index contributed by atoms with van der Waals surface area (Å²) in [6.07, 6.45) is 1.23. The number of carbonyl (C=O) groups excluding carboxylic acids is 2. The molecule has 0 fully saturated rings. The highest BCUT2D eigenvalue weighted by Crippen LogP contribution is 2.26. The van der Waals surface area contributed by atoms with Crippen molar-refractivity contribution < 1.29 is 18.7 Å². The first-order valence-corrected chi connectivity index (χ1v) is 12.1. The Morgan fingerprint density at radius 1 is 1.32 bits per heavy atom. The first-order chi connectivity index (χ1) is 16.2. The molecule has 1 atom stereocenters. The van der Waals surface area contributed by atoms with E-state index < -0.39 is 6.10 Å². The number of benzene rings is 1. The van der Waals surface area contributed by atoms with E-state index in [0.717, 1.165) is 11.3 Å². The Labute approximate surface area is 205 Å². The molecule has 0 bridgehead atoms. The molecule has 0 saturated heterocycles. The van der Waals surface area contributed by atoms with Crippen LogP contribution in [0.5, 0.6) is 5.75 Å². The van der Waals surface area contributed by atoms with Crippen LogP contribution in [-0.2, 0) is 11.3 Å². The normalized spacial score (nSPS) is 11.7. The molecule has 12 heteroatoms. The molecule has 2 heterocycles. The number of hydrogen-bond acceptors (Lipinski definition) is 8. The van der Waals surface area contributed by atoms with Crippen molar-refractivity contribution in [2.45, 2.75) is 31.7 Å². The molecule has 3 aromatic rings. The minimum atomic E-state index is -0.466. The molecule has 2 amide bonds. The maximum Gasteiger partial charge on any atom is 0.265 e. The van der Waals surface area contributed by atoms with Crippen molar-refractivity contribution in [1.82, 2.24) is 24.6 Å². The Hall–Kier alpha value is -3.25. The van der Waals surface area contributed by atoms with Gasteiger partial charge in [0.1, 0.15) is 16.4 Å². The second-order valence-electron chi connectivity index (χ2n) is 7.42. The lowest BCUT2D eigenvalue weighted by Crippen LogP contribution is -2.21. The highest BCUT2D eigenvalue weighted by molar-refractivity contribution is 7.99. The molecular weight excluding hydrogens is 479 g/mol. The fourth-order valence-corrected chi connectivity index (χ4v) is 4.67. The molecule has 1 aromatic carbocycles. The van der Waals surface area contributed by atoms with Gasteiger partial charge in [0.15, 0.2) is 22.2 Å². The number of thiazole rings is 1. The molecule has 9 nitrogen and oxygen atoms in total. The topological polar surface area (TPSA) is 102 Å². The van der Waals surface area contributed by atoms with Crippen molar-refractivity contribution in [3.63, 3.8) is 0 Å². The van der Waals surface area contributed by atoms with Crippen LogP contribution in [0.25, 0.3) is 0 Å². The molecule has 3 rings (SSSR count). The third kappa shape index (κ3) is 6.20. The Balaban J connectivity index is 1.65. The van der Waals surface area contributed by atoms with E-state index >= 15 is 0 Å². The molecule has 0 aliphatic carbocycles. The molecule has 2 aromatic heterocycles. The van der Waals surface area contributed by atoms with Gasteiger partial charge in [-0.25, -0.2) is 9.37 Å². The van der Waals surface area contributed by atoms with Crippen LogP contribution in [0.4, 0.5) is 9.52 Å². The van der Waals surface area contributed by atoms with Crippen molar-refractivity contribution in [1.29, 1.82) is 0 Å². The monoisotopic (exact) mass is 504 g/mol. The molecule has 0 spiro atoms. The SMILES string of the molecule is C=CCn1c(SCC(=O)Nc2nc(C)c(C(=O)N(C)C)s2)nnc1C(C)Oc1ccc(F)cc1. The lowest BCUT2D eigenvalue weighted by molar-refractivity contribution is -0.113. The summed E-state index contributed by atoms with van der Waals surface area (Å²) < 4.78 is 20.8. The number of rotatable bonds is 10. The van der Waals surface area contributed by atoms with Crippen LogP contribution >= 0.6 is 23.1 Å². The predicted octanol–water partition coefficient (Wildman–Crippen LogP) is 3.94. The average molecular weight is 505 g/mol. The maximum absolute atomic E-state index is 13.1. The summed E-state index contributed by atoms with van der Waals surface area (Å²) in [4.78, 5) is 30.9. The smallest absolute Gasteiger partial charge is 0.265 e. The zero-order valence-electron chi connectivity index (χ0n) is 19.2. The predicted molar refractivity (Wildman–Crippen MR) is 130 cm³/mol. The fraction of sp³-hybridized carbons (Fsp3) is 0.318. The number of nitrogens with zero attached hydrogens (tertiary/aromatic N) is 5. The van der Waals surface area contributed by atoms with Crippen LogP contribution in [0, 0.1) is 12.7 Å². The first-order valence-electron chi connectivity index (χ1n) is 10.3. The van der Waals surface area contributed by atoms with Crippen LogP contribution in [-0.4, -0.2) is 56.3 Å². The minimum absolute atomic E-state index is 0.0675. The lowest BCUT2D eigenvalue weighted by Gasteiger charge is -2.15. The summed E-state index contributed by atoms with van der Waals surface area (Å²) >= 11 is 2.35. The number of aryl methyl sites for hydroxylation is 1. The van der Waals surface area contributed by atoms with E-state index in [1.54, 1.807) is 31.7 Å². The Kier molecular flexibility index (Phi) is 8.40. The number of hydrogen-bond donors (Lipinski definition) is 1. The number of halogens is 1. The van der Waals surface area contributed by atoms with E-state index in [1.807, 2.05) is 6.92 Å². The van der Waals surface area contributed by atoms with Crippen molar-refractivity contribution in [3.8, 4) is 5.75 Å². The van der Waals surface area contributed by atoms with E-state index in [0.29, 0.717) is 39.0 Å². The summed E-state index contributed by atoms with van der Waals surface area (Å²) in [5, 5.41) is 12.0. The summed E-state index contributed by atoms with van der Waals surface area (Å²) in [6.45, 7) is 7.73. The fourth-order valence-electron chi connectivity index (χ4n) is 2.92. The van der Waals surface area contributed by atoms with Gasteiger partial charge in [0.25, 0.3) is 5.91 Å². The second-order valence-corrected chi connectivity index (χ2v) is 9.37. The van der Waals surface area contributed by atoms with Gasteiger partial charge in [0, 0.05) is 20.6 Å². The van der Waals surface area contributed by atoms with Gasteiger partial charge in [0.05, 0.1) is 11.4 Å². The number of nitrogens with one attached hydrogen (secondary N) is 1. The van der Waals surface area contributed by atoms with Crippen LogP contribution < -0.4 is 10.1 Å². The number of anilines is 1. The van der Waals surface area contributed by atoms with Crippen molar-refractivity contribution >= 4 is 40.0 Å². The largest absolute Gasteiger partial charge is 0.483 e. The third-order valence-electron chi connectivity index (χ3n) is 4.52. The van der Waals surface area contributed by atoms with E-state index in [2.05, 4.69) is 27.1 Å². The van der Waals surface area contributed by atoms with Gasteiger partial charge in [0.2, 0.25) is 5.91 Å². The Bertz CT molecular complexity index is 1180. The van der Waals surface area contributed by atoms with Crippen LogP contribution in [0.3, 0.4) is 0 Å².